The van der Waals surface area contributed by atoms with E-state index in [-0.39, 0.29) is 0 Å². The summed E-state index contributed by atoms with van der Waals surface area (Å²) in [6, 6.07) is 0. The van der Waals surface area contributed by atoms with E-state index in [1.807, 2.05) is 5.38 Å². The van der Waals surface area contributed by atoms with Gasteiger partial charge in [0.2, 0.25) is 0 Å². The zero-order valence-corrected chi connectivity index (χ0v) is 10.2. The molecular formula is C11H19NOS. The lowest BCUT2D eigenvalue weighted by Gasteiger charge is -2.14. The molecule has 0 atom stereocenters. The van der Waals surface area contributed by atoms with Gasteiger partial charge in [0, 0.05) is 11.3 Å². The molecule has 1 aromatic rings. The molecule has 3 heteroatoms. The number of hydrogen-bond donors (Lipinski definition) is 1. The van der Waals surface area contributed by atoms with Crippen LogP contribution in [0.4, 0.5) is 0 Å². The fourth-order valence-electron chi connectivity index (χ4n) is 1.39. The van der Waals surface area contributed by atoms with Crippen LogP contribution in [-0.2, 0) is 5.60 Å². The highest BCUT2D eigenvalue weighted by molar-refractivity contribution is 7.09. The predicted molar refractivity (Wildman–Crippen MR) is 60.7 cm³/mol. The van der Waals surface area contributed by atoms with Crippen molar-refractivity contribution in [2.45, 2.75) is 52.1 Å². The van der Waals surface area contributed by atoms with Crippen LogP contribution in [0.25, 0.3) is 0 Å². The lowest BCUT2D eigenvalue weighted by molar-refractivity contribution is 0.0743. The summed E-state index contributed by atoms with van der Waals surface area (Å²) in [5, 5.41) is 12.9. The van der Waals surface area contributed by atoms with Gasteiger partial charge in [-0.3, -0.25) is 0 Å². The Morgan fingerprint density at radius 2 is 2.00 bits per heavy atom. The fraction of sp³-hybridized carbons (Fsp3) is 0.727. The maximum Gasteiger partial charge on any atom is 0.102 e. The zero-order chi connectivity index (χ0) is 10.8. The van der Waals surface area contributed by atoms with Crippen molar-refractivity contribution >= 4 is 11.3 Å². The number of hydrogen-bond acceptors (Lipinski definition) is 3. The first-order chi connectivity index (χ1) is 6.49. The number of thiazole rings is 1. The molecule has 1 heterocycles. The Morgan fingerprint density at radius 3 is 2.36 bits per heavy atom. The van der Waals surface area contributed by atoms with Crippen molar-refractivity contribution in [1.82, 2.24) is 4.98 Å². The van der Waals surface area contributed by atoms with Gasteiger partial charge in [0.1, 0.15) is 5.60 Å². The van der Waals surface area contributed by atoms with Gasteiger partial charge in [0.15, 0.2) is 0 Å². The summed E-state index contributed by atoms with van der Waals surface area (Å²) >= 11 is 1.66. The standard InChI is InChI=1S/C11H19NOS/c1-5-8(6-2)10-12-9(7-14-10)11(3,4)13/h7-8,13H,5-6H2,1-4H3. The topological polar surface area (TPSA) is 33.1 Å². The Labute approximate surface area is 90.0 Å². The minimum Gasteiger partial charge on any atom is -0.384 e. The van der Waals surface area contributed by atoms with Crippen molar-refractivity contribution in [3.63, 3.8) is 0 Å². The molecule has 0 aliphatic heterocycles. The van der Waals surface area contributed by atoms with Gasteiger partial charge in [-0.25, -0.2) is 4.98 Å². The lowest BCUT2D eigenvalue weighted by atomic mass is 10.0. The monoisotopic (exact) mass is 213 g/mol. The highest BCUT2D eigenvalue weighted by Crippen LogP contribution is 2.29. The Bertz CT molecular complexity index is 284. The summed E-state index contributed by atoms with van der Waals surface area (Å²) in [7, 11) is 0. The van der Waals surface area contributed by atoms with Gasteiger partial charge < -0.3 is 5.11 Å². The molecule has 0 amide bonds. The molecule has 0 fully saturated rings. The minimum atomic E-state index is -0.805. The molecular weight excluding hydrogens is 194 g/mol. The summed E-state index contributed by atoms with van der Waals surface area (Å²) < 4.78 is 0. The largest absolute Gasteiger partial charge is 0.384 e. The quantitative estimate of drug-likeness (QED) is 0.832. The Kier molecular flexibility index (Phi) is 3.67. The summed E-state index contributed by atoms with van der Waals surface area (Å²) in [4.78, 5) is 4.49. The lowest BCUT2D eigenvalue weighted by Crippen LogP contribution is -2.16. The van der Waals surface area contributed by atoms with Gasteiger partial charge in [0.05, 0.1) is 10.7 Å². The van der Waals surface area contributed by atoms with E-state index in [2.05, 4.69) is 18.8 Å². The van der Waals surface area contributed by atoms with E-state index in [0.29, 0.717) is 5.92 Å². The summed E-state index contributed by atoms with van der Waals surface area (Å²) in [5.74, 6) is 0.552. The van der Waals surface area contributed by atoms with Crippen molar-refractivity contribution in [1.29, 1.82) is 0 Å². The Hall–Kier alpha value is -0.410. The average Bonchev–Trinajstić information content (AvgIpc) is 2.54. The van der Waals surface area contributed by atoms with Gasteiger partial charge >= 0.3 is 0 Å². The highest BCUT2D eigenvalue weighted by atomic mass is 32.1. The van der Waals surface area contributed by atoms with E-state index >= 15 is 0 Å². The van der Waals surface area contributed by atoms with Crippen molar-refractivity contribution in [2.75, 3.05) is 0 Å². The van der Waals surface area contributed by atoms with Crippen molar-refractivity contribution in [2.24, 2.45) is 0 Å². The van der Waals surface area contributed by atoms with E-state index in [1.54, 1.807) is 25.2 Å². The second-order valence-electron chi connectivity index (χ2n) is 4.14. The predicted octanol–water partition coefficient (Wildman–Crippen LogP) is 3.27. The van der Waals surface area contributed by atoms with Crippen LogP contribution in [0.2, 0.25) is 0 Å². The van der Waals surface area contributed by atoms with Gasteiger partial charge in [-0.05, 0) is 26.7 Å². The molecule has 1 aromatic heterocycles. The number of nitrogens with zero attached hydrogens (tertiary/aromatic N) is 1. The normalized spacial score (nSPS) is 12.4. The first-order valence-electron chi connectivity index (χ1n) is 5.17. The second-order valence-corrected chi connectivity index (χ2v) is 5.03. The van der Waals surface area contributed by atoms with Crippen LogP contribution in [0, 0.1) is 0 Å². The molecule has 1 N–H and O–H groups in total. The SMILES string of the molecule is CCC(CC)c1nc(C(C)(C)O)cs1. The number of rotatable bonds is 4. The maximum absolute atomic E-state index is 9.77. The Balaban J connectivity index is 2.87. The van der Waals surface area contributed by atoms with Crippen LogP contribution in [0.15, 0.2) is 5.38 Å². The van der Waals surface area contributed by atoms with E-state index in [4.69, 9.17) is 0 Å². The number of aliphatic hydroxyl groups is 1. The zero-order valence-electron chi connectivity index (χ0n) is 9.37. The molecule has 2 nitrogen and oxygen atoms in total. The van der Waals surface area contributed by atoms with Crippen LogP contribution in [-0.4, -0.2) is 10.1 Å². The molecule has 0 saturated heterocycles. The van der Waals surface area contributed by atoms with Gasteiger partial charge in [-0.15, -0.1) is 11.3 Å². The molecule has 1 rings (SSSR count). The van der Waals surface area contributed by atoms with E-state index in [0.717, 1.165) is 23.5 Å². The van der Waals surface area contributed by atoms with Crippen LogP contribution >= 0.6 is 11.3 Å². The van der Waals surface area contributed by atoms with E-state index in [9.17, 15) is 5.11 Å². The van der Waals surface area contributed by atoms with Crippen molar-refractivity contribution in [3.05, 3.63) is 16.1 Å². The fourth-order valence-corrected chi connectivity index (χ4v) is 2.64. The molecule has 0 saturated carbocycles. The summed E-state index contributed by atoms with van der Waals surface area (Å²) in [6.45, 7) is 7.91. The maximum atomic E-state index is 9.77. The van der Waals surface area contributed by atoms with Crippen LogP contribution in [0.1, 0.15) is 57.2 Å². The third-order valence-electron chi connectivity index (χ3n) is 2.48. The summed E-state index contributed by atoms with van der Waals surface area (Å²) in [6.07, 6.45) is 2.24. The van der Waals surface area contributed by atoms with Crippen LogP contribution < -0.4 is 0 Å². The first kappa shape index (κ1) is 11.7. The molecule has 0 aliphatic rings. The van der Waals surface area contributed by atoms with Crippen molar-refractivity contribution < 1.29 is 5.11 Å². The third kappa shape index (κ3) is 2.55. The molecule has 0 unspecified atom stereocenters. The number of aromatic nitrogens is 1. The molecule has 0 aromatic carbocycles. The summed E-state index contributed by atoms with van der Waals surface area (Å²) in [5.41, 5.74) is -0.00904. The molecule has 0 bridgehead atoms. The first-order valence-corrected chi connectivity index (χ1v) is 6.05. The molecule has 80 valence electrons. The van der Waals surface area contributed by atoms with Gasteiger partial charge in [-0.2, -0.15) is 0 Å². The molecule has 0 aliphatic carbocycles. The molecule has 14 heavy (non-hydrogen) atoms. The Morgan fingerprint density at radius 1 is 1.43 bits per heavy atom. The van der Waals surface area contributed by atoms with Crippen LogP contribution in [0.3, 0.4) is 0 Å². The average molecular weight is 213 g/mol. The minimum absolute atomic E-state index is 0.552. The highest BCUT2D eigenvalue weighted by Gasteiger charge is 2.21. The second kappa shape index (κ2) is 4.41. The van der Waals surface area contributed by atoms with Crippen LogP contribution in [0.5, 0.6) is 0 Å². The van der Waals surface area contributed by atoms with E-state index in [1.165, 1.54) is 0 Å². The molecule has 0 radical (unpaired) electrons. The molecule has 0 spiro atoms. The van der Waals surface area contributed by atoms with E-state index < -0.39 is 5.60 Å². The third-order valence-corrected chi connectivity index (χ3v) is 3.49. The smallest absolute Gasteiger partial charge is 0.102 e. The van der Waals surface area contributed by atoms with Gasteiger partial charge in [0.25, 0.3) is 0 Å². The van der Waals surface area contributed by atoms with Crippen molar-refractivity contribution in [3.8, 4) is 0 Å². The van der Waals surface area contributed by atoms with Gasteiger partial charge in [-0.1, -0.05) is 13.8 Å².